The molecule has 4 nitrogen and oxygen atoms in total. The van der Waals surface area contributed by atoms with Gasteiger partial charge in [-0.1, -0.05) is 18.2 Å². The van der Waals surface area contributed by atoms with Crippen molar-refractivity contribution >= 4 is 44.0 Å². The monoisotopic (exact) mass is 388 g/mol. The van der Waals surface area contributed by atoms with Crippen LogP contribution in [0.2, 0.25) is 0 Å². The predicted octanol–water partition coefficient (Wildman–Crippen LogP) is 4.22. The summed E-state index contributed by atoms with van der Waals surface area (Å²) in [7, 11) is 0. The van der Waals surface area contributed by atoms with E-state index in [1.807, 2.05) is 30.3 Å². The molecule has 0 radical (unpaired) electrons. The summed E-state index contributed by atoms with van der Waals surface area (Å²) in [5.41, 5.74) is 6.95. The molecule has 3 rings (SSSR count). The summed E-state index contributed by atoms with van der Waals surface area (Å²) in [6.45, 7) is 6.08. The van der Waals surface area contributed by atoms with Crippen LogP contribution in [0.1, 0.15) is 10.7 Å². The maximum atomic E-state index is 6.07. The molecule has 2 heterocycles. The normalized spacial score (nSPS) is 11.2. The minimum absolute atomic E-state index is 0.531. The lowest BCUT2D eigenvalue weighted by atomic mass is 10.2. The number of para-hydroxylation sites is 1. The number of nitrogens with zero attached hydrogens (tertiary/aromatic N) is 3. The summed E-state index contributed by atoms with van der Waals surface area (Å²) in [6.07, 6.45) is 1.90. The van der Waals surface area contributed by atoms with Crippen LogP contribution < -0.4 is 5.73 Å². The Morgan fingerprint density at radius 2 is 2.00 bits per heavy atom. The van der Waals surface area contributed by atoms with Crippen LogP contribution in [0.4, 0.5) is 5.82 Å². The fourth-order valence-electron chi connectivity index (χ4n) is 2.45. The van der Waals surface area contributed by atoms with Crippen LogP contribution in [0.3, 0.4) is 0 Å². The Labute approximate surface area is 147 Å². The van der Waals surface area contributed by atoms with E-state index in [9.17, 15) is 0 Å². The van der Waals surface area contributed by atoms with Crippen molar-refractivity contribution in [2.75, 3.05) is 12.3 Å². The minimum atomic E-state index is 0.531. The van der Waals surface area contributed by atoms with Gasteiger partial charge in [-0.3, -0.25) is 4.90 Å². The number of hydrogen-bond acceptors (Lipinski definition) is 5. The highest BCUT2D eigenvalue weighted by molar-refractivity contribution is 9.11. The van der Waals surface area contributed by atoms with Crippen molar-refractivity contribution in [1.82, 2.24) is 14.9 Å². The topological polar surface area (TPSA) is 55.0 Å². The standard InChI is InChI=1S/C17H17BrN4S/c1-2-9-22(10-12-7-8-15(18)23-12)11-16-20-14-6-4-3-5-13(14)17(19)21-16/h2-8H,1,9-11H2,(H2,19,20,21). The van der Waals surface area contributed by atoms with Crippen molar-refractivity contribution in [1.29, 1.82) is 0 Å². The van der Waals surface area contributed by atoms with Crippen LogP contribution in [-0.2, 0) is 13.1 Å². The van der Waals surface area contributed by atoms with Gasteiger partial charge in [-0.2, -0.15) is 0 Å². The average molecular weight is 389 g/mol. The third-order valence-electron chi connectivity index (χ3n) is 3.44. The number of benzene rings is 1. The Bertz CT molecular complexity index is 830. The lowest BCUT2D eigenvalue weighted by molar-refractivity contribution is 0.282. The summed E-state index contributed by atoms with van der Waals surface area (Å²) in [6, 6.07) is 12.0. The second-order valence-corrected chi connectivity index (χ2v) is 7.75. The Balaban J connectivity index is 1.83. The van der Waals surface area contributed by atoms with Crippen molar-refractivity contribution < 1.29 is 0 Å². The number of rotatable bonds is 6. The van der Waals surface area contributed by atoms with Crippen LogP contribution in [0, 0.1) is 0 Å². The van der Waals surface area contributed by atoms with Gasteiger partial charge in [0.15, 0.2) is 0 Å². The molecule has 0 spiro atoms. The molecule has 0 saturated carbocycles. The van der Waals surface area contributed by atoms with E-state index in [0.717, 1.165) is 33.6 Å². The van der Waals surface area contributed by atoms with Crippen molar-refractivity contribution in [3.63, 3.8) is 0 Å². The zero-order valence-corrected chi connectivity index (χ0v) is 15.0. The smallest absolute Gasteiger partial charge is 0.145 e. The van der Waals surface area contributed by atoms with E-state index in [1.165, 1.54) is 4.88 Å². The SMILES string of the molecule is C=CCN(Cc1nc(N)c2ccccc2n1)Cc1ccc(Br)s1. The first-order valence-corrected chi connectivity index (χ1v) is 8.85. The lowest BCUT2D eigenvalue weighted by Gasteiger charge is -2.19. The fraction of sp³-hybridized carbons (Fsp3) is 0.176. The molecule has 0 saturated heterocycles. The molecule has 0 aliphatic heterocycles. The third kappa shape index (κ3) is 3.96. The van der Waals surface area contributed by atoms with E-state index in [0.29, 0.717) is 12.4 Å². The first-order valence-electron chi connectivity index (χ1n) is 7.24. The first-order chi connectivity index (χ1) is 11.2. The number of thiophene rings is 1. The molecule has 0 unspecified atom stereocenters. The Morgan fingerprint density at radius 3 is 2.74 bits per heavy atom. The molecule has 0 bridgehead atoms. The molecule has 0 amide bonds. The third-order valence-corrected chi connectivity index (χ3v) is 5.05. The number of halogens is 1. The van der Waals surface area contributed by atoms with Gasteiger partial charge in [0.2, 0.25) is 0 Å². The van der Waals surface area contributed by atoms with Gasteiger partial charge in [-0.15, -0.1) is 17.9 Å². The van der Waals surface area contributed by atoms with Gasteiger partial charge < -0.3 is 5.73 Å². The predicted molar refractivity (Wildman–Crippen MR) is 100 cm³/mol. The Kier molecular flexibility index (Phi) is 5.05. The minimum Gasteiger partial charge on any atom is -0.383 e. The van der Waals surface area contributed by atoms with Gasteiger partial charge >= 0.3 is 0 Å². The van der Waals surface area contributed by atoms with Crippen molar-refractivity contribution in [3.05, 3.63) is 63.5 Å². The van der Waals surface area contributed by atoms with Gasteiger partial charge in [0.1, 0.15) is 11.6 Å². The van der Waals surface area contributed by atoms with Gasteiger partial charge in [-0.25, -0.2) is 9.97 Å². The summed E-state index contributed by atoms with van der Waals surface area (Å²) < 4.78 is 1.14. The number of anilines is 1. The van der Waals surface area contributed by atoms with Crippen LogP contribution in [-0.4, -0.2) is 21.4 Å². The largest absolute Gasteiger partial charge is 0.383 e. The molecule has 2 aromatic heterocycles. The second kappa shape index (κ2) is 7.21. The van der Waals surface area contributed by atoms with E-state index in [4.69, 9.17) is 5.73 Å². The van der Waals surface area contributed by atoms with Crippen LogP contribution >= 0.6 is 27.3 Å². The van der Waals surface area contributed by atoms with Gasteiger partial charge in [0.25, 0.3) is 0 Å². The number of aromatic nitrogens is 2. The molecule has 0 fully saturated rings. The zero-order valence-electron chi connectivity index (χ0n) is 12.6. The molecule has 23 heavy (non-hydrogen) atoms. The van der Waals surface area contributed by atoms with Gasteiger partial charge in [0.05, 0.1) is 15.8 Å². The van der Waals surface area contributed by atoms with E-state index >= 15 is 0 Å². The summed E-state index contributed by atoms with van der Waals surface area (Å²) >= 11 is 5.24. The van der Waals surface area contributed by atoms with Crippen LogP contribution in [0.25, 0.3) is 10.9 Å². The molecule has 3 aromatic rings. The van der Waals surface area contributed by atoms with E-state index < -0.39 is 0 Å². The van der Waals surface area contributed by atoms with E-state index in [-0.39, 0.29) is 0 Å². The Hall–Kier alpha value is -1.76. The summed E-state index contributed by atoms with van der Waals surface area (Å²) in [5.74, 6) is 1.27. The first kappa shape index (κ1) is 16.1. The number of hydrogen-bond donors (Lipinski definition) is 1. The summed E-state index contributed by atoms with van der Waals surface area (Å²) in [5, 5.41) is 0.897. The van der Waals surface area contributed by atoms with Crippen LogP contribution in [0.5, 0.6) is 0 Å². The molecule has 0 aliphatic carbocycles. The van der Waals surface area contributed by atoms with Crippen molar-refractivity contribution in [3.8, 4) is 0 Å². The number of fused-ring (bicyclic) bond motifs is 1. The second-order valence-electron chi connectivity index (χ2n) is 5.21. The number of nitrogens with two attached hydrogens (primary N) is 1. The highest BCUT2D eigenvalue weighted by Gasteiger charge is 2.11. The van der Waals surface area contributed by atoms with Crippen molar-refractivity contribution in [2.45, 2.75) is 13.1 Å². The number of nitrogen functional groups attached to an aromatic ring is 1. The Morgan fingerprint density at radius 1 is 1.17 bits per heavy atom. The zero-order chi connectivity index (χ0) is 16.2. The van der Waals surface area contributed by atoms with Gasteiger partial charge in [-0.05, 0) is 40.2 Å². The average Bonchev–Trinajstić information content (AvgIpc) is 2.93. The van der Waals surface area contributed by atoms with Crippen LogP contribution in [0.15, 0.2) is 52.8 Å². The molecule has 2 N–H and O–H groups in total. The molecule has 0 aliphatic rings. The van der Waals surface area contributed by atoms with Gasteiger partial charge in [0, 0.05) is 23.4 Å². The molecule has 6 heteroatoms. The maximum Gasteiger partial charge on any atom is 0.145 e. The van der Waals surface area contributed by atoms with E-state index in [2.05, 4.69) is 49.5 Å². The van der Waals surface area contributed by atoms with Crippen molar-refractivity contribution in [2.24, 2.45) is 0 Å². The highest BCUT2D eigenvalue weighted by Crippen LogP contribution is 2.24. The maximum absolute atomic E-state index is 6.07. The quantitative estimate of drug-likeness (QED) is 0.642. The lowest BCUT2D eigenvalue weighted by Crippen LogP contribution is -2.23. The molecular formula is C17H17BrN4S. The highest BCUT2D eigenvalue weighted by atomic mass is 79.9. The molecule has 0 atom stereocenters. The summed E-state index contributed by atoms with van der Waals surface area (Å²) in [4.78, 5) is 12.6. The molecule has 1 aromatic carbocycles. The molecule has 118 valence electrons. The molecular weight excluding hydrogens is 372 g/mol. The fourth-order valence-corrected chi connectivity index (χ4v) is 3.97. The van der Waals surface area contributed by atoms with E-state index in [1.54, 1.807) is 11.3 Å².